The summed E-state index contributed by atoms with van der Waals surface area (Å²) in [5.74, 6) is -0.415. The van der Waals surface area contributed by atoms with E-state index in [0.29, 0.717) is 43.2 Å². The van der Waals surface area contributed by atoms with E-state index in [2.05, 4.69) is 15.6 Å². The molecule has 1 aromatic carbocycles. The van der Waals surface area contributed by atoms with Crippen molar-refractivity contribution in [1.29, 1.82) is 0 Å². The Balaban J connectivity index is 1.47. The first-order valence-corrected chi connectivity index (χ1v) is 9.91. The van der Waals surface area contributed by atoms with Crippen LogP contribution in [0.1, 0.15) is 23.5 Å². The Hall–Kier alpha value is -2.32. The van der Waals surface area contributed by atoms with Crippen molar-refractivity contribution in [3.8, 4) is 5.75 Å². The Kier molecular flexibility index (Phi) is 6.18. The molecule has 1 fully saturated rings. The van der Waals surface area contributed by atoms with Crippen LogP contribution in [0.3, 0.4) is 0 Å². The van der Waals surface area contributed by atoms with Crippen molar-refractivity contribution in [3.63, 3.8) is 0 Å². The normalized spacial score (nSPS) is 14.8. The van der Waals surface area contributed by atoms with Crippen LogP contribution in [0.25, 0.3) is 0 Å². The van der Waals surface area contributed by atoms with Crippen LogP contribution in [0.2, 0.25) is 5.02 Å². The Morgan fingerprint density at radius 2 is 2.11 bits per heavy atom. The molecule has 0 aliphatic carbocycles. The number of carbonyl (C=O) groups excluding carboxylic acids is 2. The molecule has 1 saturated heterocycles. The predicted molar refractivity (Wildman–Crippen MR) is 105 cm³/mol. The quantitative estimate of drug-likeness (QED) is 0.676. The number of hydrogen-bond donors (Lipinski definition) is 3. The van der Waals surface area contributed by atoms with E-state index in [1.807, 2.05) is 12.3 Å². The number of phenolic OH excluding ortho intramolecular Hbond substituents is 1. The number of phenols is 1. The fraction of sp³-hybridized carbons (Fsp3) is 0.389. The van der Waals surface area contributed by atoms with Crippen LogP contribution in [0, 0.1) is 12.8 Å². The Bertz CT molecular complexity index is 834. The van der Waals surface area contributed by atoms with E-state index in [-0.39, 0.29) is 23.6 Å². The standard InChI is InChI=1S/C18H21ClN4O3S/c1-11-10-27-16(21-11)9-20-18(26)23-6-4-12(5-7-23)17(25)22-14-8-13(19)2-3-15(14)24/h2-3,8,10,12,24H,4-7,9H2,1H3,(H,20,26)(H,22,25). The Morgan fingerprint density at radius 1 is 1.37 bits per heavy atom. The lowest BCUT2D eigenvalue weighted by atomic mass is 9.96. The number of nitrogens with zero attached hydrogens (tertiary/aromatic N) is 2. The van der Waals surface area contributed by atoms with Crippen molar-refractivity contribution in [2.45, 2.75) is 26.3 Å². The summed E-state index contributed by atoms with van der Waals surface area (Å²) in [5.41, 5.74) is 1.24. The van der Waals surface area contributed by atoms with Gasteiger partial charge in [0.1, 0.15) is 10.8 Å². The summed E-state index contributed by atoms with van der Waals surface area (Å²) in [5, 5.41) is 18.6. The first-order valence-electron chi connectivity index (χ1n) is 8.65. The summed E-state index contributed by atoms with van der Waals surface area (Å²) in [4.78, 5) is 30.7. The maximum absolute atomic E-state index is 12.4. The number of aryl methyl sites for hydroxylation is 1. The molecule has 2 aromatic rings. The molecule has 27 heavy (non-hydrogen) atoms. The molecule has 3 amide bonds. The third-order valence-electron chi connectivity index (χ3n) is 4.43. The van der Waals surface area contributed by atoms with Gasteiger partial charge in [0.15, 0.2) is 0 Å². The first-order chi connectivity index (χ1) is 12.9. The second-order valence-electron chi connectivity index (χ2n) is 6.45. The SMILES string of the molecule is Cc1csc(CNC(=O)N2CCC(C(=O)Nc3cc(Cl)ccc3O)CC2)n1. The van der Waals surface area contributed by atoms with Gasteiger partial charge in [0.05, 0.1) is 12.2 Å². The highest BCUT2D eigenvalue weighted by molar-refractivity contribution is 7.09. The summed E-state index contributed by atoms with van der Waals surface area (Å²) >= 11 is 7.42. The molecule has 0 bridgehead atoms. The number of hydrogen-bond acceptors (Lipinski definition) is 5. The average Bonchev–Trinajstić information content (AvgIpc) is 3.08. The molecule has 1 aliphatic heterocycles. The van der Waals surface area contributed by atoms with E-state index >= 15 is 0 Å². The fourth-order valence-corrected chi connectivity index (χ4v) is 3.82. The molecule has 0 saturated carbocycles. The number of aromatic hydroxyl groups is 1. The molecule has 7 nitrogen and oxygen atoms in total. The van der Waals surface area contributed by atoms with Crippen LogP contribution in [0.4, 0.5) is 10.5 Å². The maximum Gasteiger partial charge on any atom is 0.317 e. The van der Waals surface area contributed by atoms with Gasteiger partial charge in [0.25, 0.3) is 0 Å². The number of halogens is 1. The monoisotopic (exact) mass is 408 g/mol. The third-order valence-corrected chi connectivity index (χ3v) is 5.63. The van der Waals surface area contributed by atoms with Crippen molar-refractivity contribution in [3.05, 3.63) is 39.3 Å². The van der Waals surface area contributed by atoms with E-state index in [1.165, 1.54) is 23.5 Å². The number of carbonyl (C=O) groups is 2. The number of thiazole rings is 1. The topological polar surface area (TPSA) is 94.6 Å². The van der Waals surface area contributed by atoms with Crippen LogP contribution in [-0.4, -0.2) is 40.0 Å². The Labute approximate surface area is 166 Å². The van der Waals surface area contributed by atoms with Crippen LogP contribution in [0.5, 0.6) is 5.75 Å². The maximum atomic E-state index is 12.4. The first kappa shape index (κ1) is 19.4. The van der Waals surface area contributed by atoms with Crippen molar-refractivity contribution < 1.29 is 14.7 Å². The number of nitrogens with one attached hydrogen (secondary N) is 2. The molecule has 1 aromatic heterocycles. The number of anilines is 1. The summed E-state index contributed by atoms with van der Waals surface area (Å²) in [6.45, 7) is 3.33. The number of aromatic nitrogens is 1. The number of benzene rings is 1. The lowest BCUT2D eigenvalue weighted by molar-refractivity contribution is -0.121. The molecule has 144 valence electrons. The summed E-state index contributed by atoms with van der Waals surface area (Å²) in [6, 6.07) is 4.36. The zero-order chi connectivity index (χ0) is 19.4. The lowest BCUT2D eigenvalue weighted by Crippen LogP contribution is -2.45. The molecule has 9 heteroatoms. The van der Waals surface area contributed by atoms with Crippen molar-refractivity contribution in [1.82, 2.24) is 15.2 Å². The lowest BCUT2D eigenvalue weighted by Gasteiger charge is -2.31. The zero-order valence-electron chi connectivity index (χ0n) is 14.9. The minimum Gasteiger partial charge on any atom is -0.506 e. The molecule has 2 heterocycles. The number of urea groups is 1. The van der Waals surface area contributed by atoms with Crippen molar-refractivity contribution >= 4 is 40.6 Å². The van der Waals surface area contributed by atoms with Gasteiger partial charge in [-0.25, -0.2) is 9.78 Å². The summed E-state index contributed by atoms with van der Waals surface area (Å²) in [7, 11) is 0. The van der Waals surface area contributed by atoms with Gasteiger partial charge in [0, 0.05) is 35.1 Å². The fourth-order valence-electron chi connectivity index (χ4n) is 2.93. The summed E-state index contributed by atoms with van der Waals surface area (Å²) < 4.78 is 0. The van der Waals surface area contributed by atoms with E-state index in [4.69, 9.17) is 11.6 Å². The van der Waals surface area contributed by atoms with Crippen LogP contribution in [-0.2, 0) is 11.3 Å². The van der Waals surface area contributed by atoms with Crippen molar-refractivity contribution in [2.24, 2.45) is 5.92 Å². The van der Waals surface area contributed by atoms with Crippen molar-refractivity contribution in [2.75, 3.05) is 18.4 Å². The van der Waals surface area contributed by atoms with E-state index in [1.54, 1.807) is 11.0 Å². The van der Waals surface area contributed by atoms with E-state index < -0.39 is 0 Å². The highest BCUT2D eigenvalue weighted by Gasteiger charge is 2.27. The van der Waals surface area contributed by atoms with Crippen LogP contribution in [0.15, 0.2) is 23.6 Å². The highest BCUT2D eigenvalue weighted by atomic mass is 35.5. The molecule has 0 unspecified atom stereocenters. The zero-order valence-corrected chi connectivity index (χ0v) is 16.4. The van der Waals surface area contributed by atoms with Gasteiger partial charge in [-0.1, -0.05) is 11.6 Å². The second kappa shape index (κ2) is 8.58. The van der Waals surface area contributed by atoms with Gasteiger partial charge in [-0.15, -0.1) is 11.3 Å². The van der Waals surface area contributed by atoms with Gasteiger partial charge in [-0.05, 0) is 38.0 Å². The van der Waals surface area contributed by atoms with Crippen LogP contribution >= 0.6 is 22.9 Å². The molecule has 0 radical (unpaired) electrons. The number of amides is 3. The van der Waals surface area contributed by atoms with E-state index in [9.17, 15) is 14.7 Å². The molecule has 0 spiro atoms. The molecular weight excluding hydrogens is 388 g/mol. The van der Waals surface area contributed by atoms with Gasteiger partial charge >= 0.3 is 6.03 Å². The predicted octanol–water partition coefficient (Wildman–Crippen LogP) is 3.37. The van der Waals surface area contributed by atoms with Gasteiger partial charge in [-0.3, -0.25) is 4.79 Å². The van der Waals surface area contributed by atoms with E-state index in [0.717, 1.165) is 10.7 Å². The number of piperidine rings is 1. The molecule has 3 N–H and O–H groups in total. The van der Waals surface area contributed by atoms with Gasteiger partial charge < -0.3 is 20.6 Å². The molecular formula is C18H21ClN4O3S. The van der Waals surface area contributed by atoms with Gasteiger partial charge in [-0.2, -0.15) is 0 Å². The average molecular weight is 409 g/mol. The summed E-state index contributed by atoms with van der Waals surface area (Å²) in [6.07, 6.45) is 1.13. The minimum atomic E-state index is -0.214. The third kappa shape index (κ3) is 5.11. The Morgan fingerprint density at radius 3 is 2.78 bits per heavy atom. The minimum absolute atomic E-state index is 0.0259. The molecule has 3 rings (SSSR count). The van der Waals surface area contributed by atoms with Crippen LogP contribution < -0.4 is 10.6 Å². The molecule has 0 atom stereocenters. The second-order valence-corrected chi connectivity index (χ2v) is 7.83. The smallest absolute Gasteiger partial charge is 0.317 e. The number of likely N-dealkylation sites (tertiary alicyclic amines) is 1. The number of rotatable bonds is 4. The highest BCUT2D eigenvalue weighted by Crippen LogP contribution is 2.28. The largest absolute Gasteiger partial charge is 0.506 e. The van der Waals surface area contributed by atoms with Gasteiger partial charge in [0.2, 0.25) is 5.91 Å². The molecule has 1 aliphatic rings.